The Morgan fingerprint density at radius 3 is 2.09 bits per heavy atom. The Kier molecular flexibility index (Phi) is 10.9. The zero-order chi connectivity index (χ0) is 17.3. The van der Waals surface area contributed by atoms with Gasteiger partial charge in [-0.05, 0) is 18.4 Å². The molecule has 0 saturated carbocycles. The molecule has 22 heavy (non-hydrogen) atoms. The minimum atomic E-state index is -1.41. The molecule has 0 aromatic heterocycles. The van der Waals surface area contributed by atoms with Crippen LogP contribution in [0.1, 0.15) is 6.42 Å². The number of rotatable bonds is 12. The fourth-order valence-electron chi connectivity index (χ4n) is 1.27. The number of hydrogen-bond acceptors (Lipinski definition) is 9. The number of carboxylic acids is 2. The Morgan fingerprint density at radius 1 is 1.05 bits per heavy atom. The van der Waals surface area contributed by atoms with Gasteiger partial charge in [-0.25, -0.2) is 0 Å². The highest BCUT2D eigenvalue weighted by Crippen LogP contribution is 2.30. The lowest BCUT2D eigenvalue weighted by Crippen LogP contribution is -2.49. The fraction of sp³-hybridized carbons (Fsp3) is 0.727. The van der Waals surface area contributed by atoms with Crippen LogP contribution in [0.25, 0.3) is 0 Å². The molecular formula is C11H21N3O5S3. The van der Waals surface area contributed by atoms with Gasteiger partial charge in [0.05, 0.1) is 6.04 Å². The van der Waals surface area contributed by atoms with E-state index in [9.17, 15) is 14.4 Å². The summed E-state index contributed by atoms with van der Waals surface area (Å²) in [6, 6.07) is -3.31. The summed E-state index contributed by atoms with van der Waals surface area (Å²) in [7, 11) is 1.90. The van der Waals surface area contributed by atoms with Gasteiger partial charge < -0.3 is 27.4 Å². The van der Waals surface area contributed by atoms with E-state index in [-0.39, 0.29) is 5.75 Å². The standard InChI is InChI=1S/C11H21N3O5S3/c1-20-3-2-5(12)8(15)9(7(14)11(18)19)22-21-4-6(13)10(16)17/h5-7,9H,2-4,12-14H2,1H3,(H,16,17)(H,18,19)/t5-,6-,7-,9?/m0/s1. The van der Waals surface area contributed by atoms with Crippen molar-refractivity contribution < 1.29 is 24.6 Å². The SMILES string of the molecule is CSCC[C@H](N)C(=O)C(SSC[C@H](N)C(=O)O)[C@H](N)C(=O)O. The second-order valence-electron chi connectivity index (χ2n) is 4.40. The monoisotopic (exact) mass is 371 g/mol. The number of Topliss-reactive ketones (excluding diaryl/α,β-unsaturated/α-hetero) is 1. The summed E-state index contributed by atoms with van der Waals surface area (Å²) in [5.74, 6) is -2.24. The third-order valence-electron chi connectivity index (χ3n) is 2.63. The van der Waals surface area contributed by atoms with E-state index >= 15 is 0 Å². The first-order chi connectivity index (χ1) is 10.2. The lowest BCUT2D eigenvalue weighted by atomic mass is 10.0. The van der Waals surface area contributed by atoms with E-state index in [0.717, 1.165) is 21.6 Å². The third kappa shape index (κ3) is 7.70. The molecule has 0 spiro atoms. The Hall–Kier alpha value is -0.460. The molecule has 0 aromatic carbocycles. The molecule has 0 aliphatic carbocycles. The zero-order valence-electron chi connectivity index (χ0n) is 12.0. The third-order valence-corrected chi connectivity index (χ3v) is 6.07. The van der Waals surface area contributed by atoms with Crippen molar-refractivity contribution in [3.63, 3.8) is 0 Å². The van der Waals surface area contributed by atoms with E-state index in [0.29, 0.717) is 12.2 Å². The van der Waals surface area contributed by atoms with Crippen LogP contribution in [0.3, 0.4) is 0 Å². The predicted molar refractivity (Wildman–Crippen MR) is 91.0 cm³/mol. The molecule has 0 aliphatic heterocycles. The Morgan fingerprint density at radius 2 is 1.64 bits per heavy atom. The molecule has 0 saturated heterocycles. The molecule has 0 heterocycles. The largest absolute Gasteiger partial charge is 0.480 e. The first kappa shape index (κ1) is 21.5. The number of aliphatic carboxylic acids is 2. The Bertz CT molecular complexity index is 399. The van der Waals surface area contributed by atoms with Crippen molar-refractivity contribution in [1.82, 2.24) is 0 Å². The first-order valence-corrected chi connectivity index (χ1v) is 10.0. The van der Waals surface area contributed by atoms with Gasteiger partial charge in [0.1, 0.15) is 17.3 Å². The Labute approximate surface area is 140 Å². The summed E-state index contributed by atoms with van der Waals surface area (Å²) in [5, 5.41) is 16.6. The van der Waals surface area contributed by atoms with E-state index < -0.39 is 41.1 Å². The molecule has 1 unspecified atom stereocenters. The second-order valence-corrected chi connectivity index (χ2v) is 7.94. The number of hydrogen-bond donors (Lipinski definition) is 5. The fourth-order valence-corrected chi connectivity index (χ4v) is 4.54. The second kappa shape index (κ2) is 11.1. The van der Waals surface area contributed by atoms with E-state index in [1.165, 1.54) is 11.8 Å². The topological polar surface area (TPSA) is 170 Å². The van der Waals surface area contributed by atoms with Crippen molar-refractivity contribution in [2.45, 2.75) is 29.8 Å². The van der Waals surface area contributed by atoms with Gasteiger partial charge in [-0.3, -0.25) is 14.4 Å². The Balaban J connectivity index is 4.72. The zero-order valence-corrected chi connectivity index (χ0v) is 14.5. The number of carbonyl (C=O) groups excluding carboxylic acids is 1. The van der Waals surface area contributed by atoms with E-state index in [1.54, 1.807) is 0 Å². The van der Waals surface area contributed by atoms with E-state index in [1.807, 2.05) is 6.26 Å². The highest BCUT2D eigenvalue weighted by molar-refractivity contribution is 8.77. The minimum Gasteiger partial charge on any atom is -0.480 e. The van der Waals surface area contributed by atoms with Gasteiger partial charge in [0.2, 0.25) is 0 Å². The molecule has 4 atom stereocenters. The summed E-state index contributed by atoms with van der Waals surface area (Å²) in [6.45, 7) is 0. The number of thioether (sulfide) groups is 1. The average Bonchev–Trinajstić information content (AvgIpc) is 2.47. The molecule has 8 N–H and O–H groups in total. The molecule has 8 nitrogen and oxygen atoms in total. The molecule has 0 aliphatic rings. The molecule has 0 fully saturated rings. The van der Waals surface area contributed by atoms with Crippen LogP contribution in [0.4, 0.5) is 0 Å². The van der Waals surface area contributed by atoms with Crippen LogP contribution < -0.4 is 17.2 Å². The number of carboxylic acid groups (broad SMARTS) is 2. The highest BCUT2D eigenvalue weighted by atomic mass is 33.1. The van der Waals surface area contributed by atoms with Crippen molar-refractivity contribution in [2.75, 3.05) is 17.8 Å². The summed E-state index contributed by atoms with van der Waals surface area (Å²) < 4.78 is 0. The van der Waals surface area contributed by atoms with Gasteiger partial charge in [0, 0.05) is 5.75 Å². The lowest BCUT2D eigenvalue weighted by Gasteiger charge is -2.22. The van der Waals surface area contributed by atoms with Gasteiger partial charge in [-0.1, -0.05) is 21.6 Å². The molecule has 0 aromatic rings. The van der Waals surface area contributed by atoms with Crippen LogP contribution in [0.15, 0.2) is 0 Å². The molecule has 0 bridgehead atoms. The van der Waals surface area contributed by atoms with Gasteiger partial charge >= 0.3 is 11.9 Å². The number of ketones is 1. The first-order valence-electron chi connectivity index (χ1n) is 6.25. The molecule has 128 valence electrons. The summed E-state index contributed by atoms with van der Waals surface area (Å²) in [5.41, 5.74) is 16.7. The maximum absolute atomic E-state index is 12.2. The molecule has 11 heteroatoms. The van der Waals surface area contributed by atoms with Crippen LogP contribution in [0.2, 0.25) is 0 Å². The van der Waals surface area contributed by atoms with Crippen LogP contribution in [0.5, 0.6) is 0 Å². The molecule has 0 rings (SSSR count). The molecule has 0 amide bonds. The van der Waals surface area contributed by atoms with Gasteiger partial charge in [-0.15, -0.1) is 0 Å². The maximum atomic E-state index is 12.2. The quantitative estimate of drug-likeness (QED) is 0.272. The van der Waals surface area contributed by atoms with Gasteiger partial charge in [0.25, 0.3) is 0 Å². The van der Waals surface area contributed by atoms with Gasteiger partial charge in [-0.2, -0.15) is 11.8 Å². The maximum Gasteiger partial charge on any atom is 0.322 e. The smallest absolute Gasteiger partial charge is 0.322 e. The van der Waals surface area contributed by atoms with Crippen molar-refractivity contribution in [1.29, 1.82) is 0 Å². The van der Waals surface area contributed by atoms with Crippen LogP contribution in [-0.4, -0.2) is 69.1 Å². The average molecular weight is 372 g/mol. The molecular weight excluding hydrogens is 350 g/mol. The lowest BCUT2D eigenvalue weighted by molar-refractivity contribution is -0.140. The predicted octanol–water partition coefficient (Wildman–Crippen LogP) is -0.790. The van der Waals surface area contributed by atoms with Crippen molar-refractivity contribution >= 4 is 51.1 Å². The van der Waals surface area contributed by atoms with Crippen molar-refractivity contribution in [3.8, 4) is 0 Å². The van der Waals surface area contributed by atoms with E-state index in [2.05, 4.69) is 0 Å². The summed E-state index contributed by atoms with van der Waals surface area (Å²) in [6.07, 6.45) is 2.29. The normalized spacial score (nSPS) is 16.5. The minimum absolute atomic E-state index is 0.0240. The van der Waals surface area contributed by atoms with Gasteiger partial charge in [0.15, 0.2) is 5.78 Å². The summed E-state index contributed by atoms with van der Waals surface area (Å²) >= 11 is 1.53. The van der Waals surface area contributed by atoms with Crippen LogP contribution in [0, 0.1) is 0 Å². The van der Waals surface area contributed by atoms with Crippen molar-refractivity contribution in [2.24, 2.45) is 17.2 Å². The van der Waals surface area contributed by atoms with E-state index in [4.69, 9.17) is 27.4 Å². The van der Waals surface area contributed by atoms with Crippen molar-refractivity contribution in [3.05, 3.63) is 0 Å². The molecule has 0 radical (unpaired) electrons. The summed E-state index contributed by atoms with van der Waals surface area (Å²) in [4.78, 5) is 33.9. The van der Waals surface area contributed by atoms with Crippen LogP contribution >= 0.6 is 33.3 Å². The number of nitrogens with two attached hydrogens (primary N) is 3. The highest BCUT2D eigenvalue weighted by Gasteiger charge is 2.34. The number of carbonyl (C=O) groups is 3. The van der Waals surface area contributed by atoms with Crippen LogP contribution in [-0.2, 0) is 14.4 Å².